The lowest BCUT2D eigenvalue weighted by Crippen LogP contribution is -2.12. The van der Waals surface area contributed by atoms with Gasteiger partial charge in [0.2, 0.25) is 5.91 Å². The number of anilines is 1. The molecule has 0 aliphatic rings. The Morgan fingerprint density at radius 2 is 1.61 bits per heavy atom. The molecule has 0 fully saturated rings. The van der Waals surface area contributed by atoms with Crippen molar-refractivity contribution in [3.8, 4) is 11.5 Å². The van der Waals surface area contributed by atoms with Gasteiger partial charge in [0.15, 0.2) is 11.5 Å². The fraction of sp³-hybridized carbons (Fsp3) is 0.250. The molecule has 6 heteroatoms. The fourth-order valence-corrected chi connectivity index (χ4v) is 1.29. The van der Waals surface area contributed by atoms with Gasteiger partial charge in [-0.2, -0.15) is 0 Å². The summed E-state index contributed by atoms with van der Waals surface area (Å²) in [5.41, 5.74) is 0.261. The van der Waals surface area contributed by atoms with Gasteiger partial charge in [0.25, 0.3) is 0 Å². The minimum absolute atomic E-state index is 0.00963. The number of esters is 2. The highest BCUT2D eigenvalue weighted by Crippen LogP contribution is 2.35. The van der Waals surface area contributed by atoms with E-state index in [4.69, 9.17) is 9.47 Å². The number of hydrogen-bond donors (Lipinski definition) is 1. The van der Waals surface area contributed by atoms with Crippen LogP contribution in [0.2, 0.25) is 0 Å². The van der Waals surface area contributed by atoms with Crippen molar-refractivity contribution in [3.05, 3.63) is 18.2 Å². The number of benzene rings is 1. The average molecular weight is 251 g/mol. The molecule has 0 heterocycles. The normalized spacial score (nSPS) is 9.50. The zero-order valence-corrected chi connectivity index (χ0v) is 10.3. The van der Waals surface area contributed by atoms with Crippen LogP contribution in [-0.2, 0) is 14.4 Å². The molecule has 1 rings (SSSR count). The smallest absolute Gasteiger partial charge is 0.308 e. The van der Waals surface area contributed by atoms with E-state index in [-0.39, 0.29) is 23.1 Å². The Hall–Kier alpha value is -2.37. The maximum Gasteiger partial charge on any atom is 0.308 e. The monoisotopic (exact) mass is 251 g/mol. The van der Waals surface area contributed by atoms with Gasteiger partial charge < -0.3 is 14.8 Å². The molecule has 0 saturated carbocycles. The zero-order chi connectivity index (χ0) is 13.7. The third kappa shape index (κ3) is 3.89. The first-order chi connectivity index (χ1) is 8.40. The van der Waals surface area contributed by atoms with Crippen LogP contribution in [0.25, 0.3) is 0 Å². The summed E-state index contributed by atoms with van der Waals surface area (Å²) in [7, 11) is 0. The lowest BCUT2D eigenvalue weighted by molar-refractivity contribution is -0.134. The molecule has 0 bridgehead atoms. The number of nitrogens with one attached hydrogen (secondary N) is 1. The standard InChI is InChI=1S/C12H13NO5/c1-7(14)13-10-5-4-6-11(17-8(2)15)12(10)18-9(3)16/h4-6H,1-3H3,(H,13,14). The largest absolute Gasteiger partial charge is 0.423 e. The molecule has 6 nitrogen and oxygen atoms in total. The van der Waals surface area contributed by atoms with Gasteiger partial charge >= 0.3 is 11.9 Å². The number of ether oxygens (including phenoxy) is 2. The van der Waals surface area contributed by atoms with Crippen LogP contribution in [0.3, 0.4) is 0 Å². The molecule has 0 atom stereocenters. The number of hydrogen-bond acceptors (Lipinski definition) is 5. The number of carbonyl (C=O) groups is 3. The van der Waals surface area contributed by atoms with Crippen LogP contribution >= 0.6 is 0 Å². The minimum atomic E-state index is -0.582. The molecule has 0 radical (unpaired) electrons. The van der Waals surface area contributed by atoms with E-state index in [1.165, 1.54) is 32.9 Å². The Kier molecular flexibility index (Phi) is 4.42. The van der Waals surface area contributed by atoms with Crippen LogP contribution in [0.5, 0.6) is 11.5 Å². The van der Waals surface area contributed by atoms with E-state index in [2.05, 4.69) is 5.32 Å². The van der Waals surface area contributed by atoms with E-state index in [0.717, 1.165) is 0 Å². The molecule has 0 aliphatic carbocycles. The molecule has 0 aromatic heterocycles. The van der Waals surface area contributed by atoms with Gasteiger partial charge in [-0.05, 0) is 12.1 Å². The lowest BCUT2D eigenvalue weighted by atomic mass is 10.2. The Morgan fingerprint density at radius 1 is 1.00 bits per heavy atom. The second kappa shape index (κ2) is 5.81. The van der Waals surface area contributed by atoms with Crippen molar-refractivity contribution in [2.45, 2.75) is 20.8 Å². The van der Waals surface area contributed by atoms with Crippen molar-refractivity contribution >= 4 is 23.5 Å². The van der Waals surface area contributed by atoms with E-state index in [1.807, 2.05) is 0 Å². The molecule has 0 spiro atoms. The summed E-state index contributed by atoms with van der Waals surface area (Å²) in [4.78, 5) is 33.0. The number of carbonyl (C=O) groups excluding carboxylic acids is 3. The SMILES string of the molecule is CC(=O)Nc1cccc(OC(C)=O)c1OC(C)=O. The minimum Gasteiger partial charge on any atom is -0.423 e. The first-order valence-corrected chi connectivity index (χ1v) is 5.17. The Labute approximate surface area is 104 Å². The summed E-state index contributed by atoms with van der Waals surface area (Å²) in [6.45, 7) is 3.75. The second-order valence-electron chi connectivity index (χ2n) is 3.50. The lowest BCUT2D eigenvalue weighted by Gasteiger charge is -2.13. The first kappa shape index (κ1) is 13.7. The molecule has 1 amide bonds. The molecule has 1 aromatic carbocycles. The highest BCUT2D eigenvalue weighted by atomic mass is 16.6. The molecule has 0 unspecified atom stereocenters. The predicted molar refractivity (Wildman–Crippen MR) is 63.4 cm³/mol. The van der Waals surface area contributed by atoms with Gasteiger partial charge in [0.05, 0.1) is 5.69 Å². The molecule has 1 N–H and O–H groups in total. The van der Waals surface area contributed by atoms with Gasteiger partial charge in [0.1, 0.15) is 0 Å². The summed E-state index contributed by atoms with van der Waals surface area (Å²) < 4.78 is 9.85. The third-order valence-corrected chi connectivity index (χ3v) is 1.79. The molecule has 0 saturated heterocycles. The second-order valence-corrected chi connectivity index (χ2v) is 3.50. The Morgan fingerprint density at radius 3 is 2.11 bits per heavy atom. The van der Waals surface area contributed by atoms with Crippen molar-refractivity contribution < 1.29 is 23.9 Å². The quantitative estimate of drug-likeness (QED) is 0.650. The van der Waals surface area contributed by atoms with Crippen LogP contribution in [0.15, 0.2) is 18.2 Å². The Balaban J connectivity index is 3.19. The van der Waals surface area contributed by atoms with E-state index < -0.39 is 11.9 Å². The average Bonchev–Trinajstić information content (AvgIpc) is 2.20. The predicted octanol–water partition coefficient (Wildman–Crippen LogP) is 1.50. The summed E-state index contributed by atoms with van der Waals surface area (Å²) in [6, 6.07) is 4.56. The molecule has 18 heavy (non-hydrogen) atoms. The van der Waals surface area contributed by atoms with Crippen molar-refractivity contribution in [1.29, 1.82) is 0 Å². The van der Waals surface area contributed by atoms with Gasteiger partial charge in [-0.3, -0.25) is 14.4 Å². The van der Waals surface area contributed by atoms with E-state index in [9.17, 15) is 14.4 Å². The van der Waals surface area contributed by atoms with Crippen molar-refractivity contribution in [1.82, 2.24) is 0 Å². The molecule has 96 valence electrons. The van der Waals surface area contributed by atoms with Crippen molar-refractivity contribution in [2.75, 3.05) is 5.32 Å². The fourth-order valence-electron chi connectivity index (χ4n) is 1.29. The summed E-state index contributed by atoms with van der Waals surface area (Å²) >= 11 is 0. The summed E-state index contributed by atoms with van der Waals surface area (Å²) in [5, 5.41) is 2.48. The zero-order valence-electron chi connectivity index (χ0n) is 10.3. The maximum atomic E-state index is 11.0. The third-order valence-electron chi connectivity index (χ3n) is 1.79. The van der Waals surface area contributed by atoms with Crippen LogP contribution in [0, 0.1) is 0 Å². The maximum absolute atomic E-state index is 11.0. The first-order valence-electron chi connectivity index (χ1n) is 5.17. The molecular weight excluding hydrogens is 238 g/mol. The van der Waals surface area contributed by atoms with Gasteiger partial charge in [-0.1, -0.05) is 6.07 Å². The highest BCUT2D eigenvalue weighted by molar-refractivity contribution is 5.92. The number of para-hydroxylation sites is 1. The number of rotatable bonds is 3. The molecular formula is C12H13NO5. The van der Waals surface area contributed by atoms with E-state index >= 15 is 0 Å². The van der Waals surface area contributed by atoms with Crippen LogP contribution in [0.1, 0.15) is 20.8 Å². The molecule has 1 aromatic rings. The van der Waals surface area contributed by atoms with Crippen molar-refractivity contribution in [2.24, 2.45) is 0 Å². The Bertz CT molecular complexity index is 461. The highest BCUT2D eigenvalue weighted by Gasteiger charge is 2.15. The number of amides is 1. The van der Waals surface area contributed by atoms with E-state index in [1.54, 1.807) is 6.07 Å². The van der Waals surface area contributed by atoms with Crippen LogP contribution in [0.4, 0.5) is 5.69 Å². The van der Waals surface area contributed by atoms with Crippen LogP contribution in [-0.4, -0.2) is 17.8 Å². The van der Waals surface area contributed by atoms with Crippen LogP contribution < -0.4 is 14.8 Å². The van der Waals surface area contributed by atoms with E-state index in [0.29, 0.717) is 0 Å². The van der Waals surface area contributed by atoms with Crippen molar-refractivity contribution in [3.63, 3.8) is 0 Å². The van der Waals surface area contributed by atoms with Gasteiger partial charge in [-0.25, -0.2) is 0 Å². The molecule has 0 aliphatic heterocycles. The topological polar surface area (TPSA) is 81.7 Å². The van der Waals surface area contributed by atoms with Gasteiger partial charge in [-0.15, -0.1) is 0 Å². The van der Waals surface area contributed by atoms with Gasteiger partial charge in [0, 0.05) is 20.8 Å². The summed E-state index contributed by atoms with van der Waals surface area (Å²) in [6.07, 6.45) is 0. The summed E-state index contributed by atoms with van der Waals surface area (Å²) in [5.74, 6) is -1.38.